The van der Waals surface area contributed by atoms with Crippen molar-refractivity contribution in [2.45, 2.75) is 220 Å². The topological polar surface area (TPSA) is 0 Å². The van der Waals surface area contributed by atoms with Gasteiger partial charge >= 0.3 is 0 Å². The first kappa shape index (κ1) is 36.0. The molecule has 4 unspecified atom stereocenters. The second-order valence-electron chi connectivity index (χ2n) is 13.7. The van der Waals surface area contributed by atoms with Gasteiger partial charge in [-0.1, -0.05) is 195 Å². The molecule has 0 nitrogen and oxygen atoms in total. The maximum Gasteiger partial charge on any atom is -0.0355 e. The van der Waals surface area contributed by atoms with Crippen LogP contribution in [-0.4, -0.2) is 0 Å². The van der Waals surface area contributed by atoms with Gasteiger partial charge in [0.2, 0.25) is 0 Å². The van der Waals surface area contributed by atoms with Crippen LogP contribution >= 0.6 is 0 Å². The molecule has 1 fully saturated rings. The largest absolute Gasteiger partial charge is 0.0654 e. The summed E-state index contributed by atoms with van der Waals surface area (Å²) in [6.07, 6.45) is 44.7. The minimum absolute atomic E-state index is 1.06. The summed E-state index contributed by atoms with van der Waals surface area (Å²) in [5.74, 6) is 4.24. The lowest BCUT2D eigenvalue weighted by molar-refractivity contribution is 0.0582. The fraction of sp³-hybridized carbons (Fsp3) is 1.00. The van der Waals surface area contributed by atoms with E-state index in [1.54, 1.807) is 38.5 Å². The van der Waals surface area contributed by atoms with E-state index < -0.39 is 0 Å². The third-order valence-corrected chi connectivity index (χ3v) is 10.3. The zero-order valence-corrected chi connectivity index (χ0v) is 27.5. The molecule has 0 bridgehead atoms. The molecule has 1 aliphatic carbocycles. The molecule has 1 aliphatic rings. The molecule has 0 aromatic heterocycles. The number of unbranched alkanes of at least 4 members (excludes halogenated alkanes) is 20. The standard InChI is InChI=1S/C38H76/c1-5-9-13-15-17-19-20-21-23-27-30-36-34-33-35(29-25-11-7-3)37(31-26-12-8-4)38(36)32-28-24-22-18-16-14-10-6-2/h35-38H,5-34H2,1-4H3. The molecule has 38 heavy (non-hydrogen) atoms. The molecule has 0 aliphatic heterocycles. The van der Waals surface area contributed by atoms with Crippen molar-refractivity contribution in [3.8, 4) is 0 Å². The van der Waals surface area contributed by atoms with Crippen molar-refractivity contribution in [3.63, 3.8) is 0 Å². The number of rotatable bonds is 28. The van der Waals surface area contributed by atoms with Crippen molar-refractivity contribution in [2.24, 2.45) is 23.7 Å². The summed E-state index contributed by atoms with van der Waals surface area (Å²) in [7, 11) is 0. The monoisotopic (exact) mass is 533 g/mol. The Morgan fingerprint density at radius 1 is 0.289 bits per heavy atom. The fourth-order valence-corrected chi connectivity index (χ4v) is 7.87. The SMILES string of the molecule is CCCCCCCCCCCCC1CCC(CCCCC)C(CCCCC)C1CCCCCCCCCC. The van der Waals surface area contributed by atoms with Gasteiger partial charge in [0.1, 0.15) is 0 Å². The molecule has 1 rings (SSSR count). The van der Waals surface area contributed by atoms with Gasteiger partial charge in [0, 0.05) is 0 Å². The zero-order valence-electron chi connectivity index (χ0n) is 27.5. The second kappa shape index (κ2) is 27.2. The Balaban J connectivity index is 2.54. The van der Waals surface area contributed by atoms with Crippen LogP contribution in [-0.2, 0) is 0 Å². The Morgan fingerprint density at radius 2 is 0.526 bits per heavy atom. The van der Waals surface area contributed by atoms with Gasteiger partial charge in [-0.25, -0.2) is 0 Å². The fourth-order valence-electron chi connectivity index (χ4n) is 7.87. The van der Waals surface area contributed by atoms with Crippen molar-refractivity contribution in [1.29, 1.82) is 0 Å². The van der Waals surface area contributed by atoms with Crippen molar-refractivity contribution >= 4 is 0 Å². The van der Waals surface area contributed by atoms with Crippen LogP contribution in [0.5, 0.6) is 0 Å². The van der Waals surface area contributed by atoms with Gasteiger partial charge in [-0.2, -0.15) is 0 Å². The van der Waals surface area contributed by atoms with E-state index in [1.807, 2.05) is 0 Å². The second-order valence-corrected chi connectivity index (χ2v) is 13.7. The van der Waals surface area contributed by atoms with E-state index in [-0.39, 0.29) is 0 Å². The molecule has 0 saturated heterocycles. The Bertz CT molecular complexity index is 453. The molecule has 0 radical (unpaired) electrons. The summed E-state index contributed by atoms with van der Waals surface area (Å²) >= 11 is 0. The third kappa shape index (κ3) is 18.4. The summed E-state index contributed by atoms with van der Waals surface area (Å²) in [5, 5.41) is 0. The first-order chi connectivity index (χ1) is 18.8. The lowest BCUT2D eigenvalue weighted by Crippen LogP contribution is -2.35. The van der Waals surface area contributed by atoms with Crippen LogP contribution in [0, 0.1) is 23.7 Å². The summed E-state index contributed by atoms with van der Waals surface area (Å²) in [4.78, 5) is 0. The normalized spacial score (nSPS) is 21.8. The lowest BCUT2D eigenvalue weighted by Gasteiger charge is -2.44. The molecule has 228 valence electrons. The highest BCUT2D eigenvalue weighted by Gasteiger charge is 2.37. The molecule has 0 aromatic carbocycles. The van der Waals surface area contributed by atoms with Crippen molar-refractivity contribution in [1.82, 2.24) is 0 Å². The van der Waals surface area contributed by atoms with Crippen LogP contribution in [0.2, 0.25) is 0 Å². The predicted molar refractivity (Wildman–Crippen MR) is 175 cm³/mol. The van der Waals surface area contributed by atoms with E-state index in [2.05, 4.69) is 27.7 Å². The quantitative estimate of drug-likeness (QED) is 0.0879. The third-order valence-electron chi connectivity index (χ3n) is 10.3. The average Bonchev–Trinajstić information content (AvgIpc) is 2.93. The molecule has 0 spiro atoms. The first-order valence-electron chi connectivity index (χ1n) is 18.8. The summed E-state index contributed by atoms with van der Waals surface area (Å²) in [6, 6.07) is 0. The van der Waals surface area contributed by atoms with Gasteiger partial charge in [-0.3, -0.25) is 0 Å². The van der Waals surface area contributed by atoms with Gasteiger partial charge in [0.15, 0.2) is 0 Å². The molecular weight excluding hydrogens is 456 g/mol. The smallest absolute Gasteiger partial charge is 0.0355 e. The molecule has 0 N–H and O–H groups in total. The van der Waals surface area contributed by atoms with E-state index in [0.717, 1.165) is 23.7 Å². The molecule has 4 atom stereocenters. The molecule has 0 aromatic rings. The maximum absolute atomic E-state index is 2.39. The highest BCUT2D eigenvalue weighted by molar-refractivity contribution is 4.88. The van der Waals surface area contributed by atoms with E-state index >= 15 is 0 Å². The van der Waals surface area contributed by atoms with Crippen LogP contribution in [0.3, 0.4) is 0 Å². The maximum atomic E-state index is 2.39. The molecule has 1 saturated carbocycles. The van der Waals surface area contributed by atoms with Crippen molar-refractivity contribution in [2.75, 3.05) is 0 Å². The minimum atomic E-state index is 1.06. The molecule has 0 heteroatoms. The Kier molecular flexibility index (Phi) is 25.8. The summed E-state index contributed by atoms with van der Waals surface area (Å²) in [6.45, 7) is 9.44. The van der Waals surface area contributed by atoms with Gasteiger partial charge in [0.05, 0.1) is 0 Å². The van der Waals surface area contributed by atoms with Crippen LogP contribution in [0.25, 0.3) is 0 Å². The van der Waals surface area contributed by atoms with Crippen LogP contribution in [0.4, 0.5) is 0 Å². The van der Waals surface area contributed by atoms with Crippen LogP contribution in [0.1, 0.15) is 220 Å². The highest BCUT2D eigenvalue weighted by Crippen LogP contribution is 2.47. The van der Waals surface area contributed by atoms with Crippen molar-refractivity contribution in [3.05, 3.63) is 0 Å². The van der Waals surface area contributed by atoms with E-state index in [4.69, 9.17) is 0 Å². The van der Waals surface area contributed by atoms with E-state index in [1.165, 1.54) is 154 Å². The highest BCUT2D eigenvalue weighted by atomic mass is 14.4. The lowest BCUT2D eigenvalue weighted by atomic mass is 9.61. The van der Waals surface area contributed by atoms with Gasteiger partial charge in [0.25, 0.3) is 0 Å². The summed E-state index contributed by atoms with van der Waals surface area (Å²) in [5.41, 5.74) is 0. The molecule has 0 heterocycles. The van der Waals surface area contributed by atoms with Crippen molar-refractivity contribution < 1.29 is 0 Å². The summed E-state index contributed by atoms with van der Waals surface area (Å²) < 4.78 is 0. The van der Waals surface area contributed by atoms with Gasteiger partial charge in [-0.15, -0.1) is 0 Å². The van der Waals surface area contributed by atoms with Gasteiger partial charge in [-0.05, 0) is 49.4 Å². The van der Waals surface area contributed by atoms with Gasteiger partial charge < -0.3 is 0 Å². The average molecular weight is 533 g/mol. The molecule has 0 amide bonds. The number of hydrogen-bond donors (Lipinski definition) is 0. The number of hydrogen-bond acceptors (Lipinski definition) is 0. The van der Waals surface area contributed by atoms with E-state index in [0.29, 0.717) is 0 Å². The zero-order chi connectivity index (χ0) is 27.5. The Morgan fingerprint density at radius 3 is 0.895 bits per heavy atom. The van der Waals surface area contributed by atoms with Crippen LogP contribution in [0.15, 0.2) is 0 Å². The van der Waals surface area contributed by atoms with Crippen LogP contribution < -0.4 is 0 Å². The Hall–Kier alpha value is 0. The molecular formula is C38H76. The Labute approximate surface area is 243 Å². The van der Waals surface area contributed by atoms with E-state index in [9.17, 15) is 0 Å². The predicted octanol–water partition coefficient (Wildman–Crippen LogP) is 14.2. The minimum Gasteiger partial charge on any atom is -0.0654 e. The first-order valence-corrected chi connectivity index (χ1v) is 18.8.